The molecule has 0 atom stereocenters. The van der Waals surface area contributed by atoms with Crippen molar-refractivity contribution < 1.29 is 34.4 Å². The molecule has 0 aliphatic carbocycles. The van der Waals surface area contributed by atoms with Crippen LogP contribution < -0.4 is 4.74 Å². The third-order valence-corrected chi connectivity index (χ3v) is 4.08. The van der Waals surface area contributed by atoms with Crippen LogP contribution in [0.3, 0.4) is 0 Å². The second kappa shape index (κ2) is 11.5. The lowest BCUT2D eigenvalue weighted by Crippen LogP contribution is -2.03. The average Bonchev–Trinajstić information content (AvgIpc) is 2.76. The predicted molar refractivity (Wildman–Crippen MR) is 108 cm³/mol. The summed E-state index contributed by atoms with van der Waals surface area (Å²) in [5.74, 6) is -1.29. The first-order valence-corrected chi connectivity index (χ1v) is 9.33. The van der Waals surface area contributed by atoms with Crippen LogP contribution in [0.15, 0.2) is 46.6 Å². The number of carboxylic acids is 1. The number of carboxylic acid groups (broad SMARTS) is 1. The molecule has 0 spiro atoms. The van der Waals surface area contributed by atoms with Gasteiger partial charge >= 0.3 is 11.9 Å². The number of carbonyl (C=O) groups excluding carboxylic acids is 1. The molecule has 0 heterocycles. The number of esters is 1. The van der Waals surface area contributed by atoms with Gasteiger partial charge in [-0.05, 0) is 49.1 Å². The van der Waals surface area contributed by atoms with Crippen LogP contribution in [0.25, 0.3) is 0 Å². The Kier molecular flexibility index (Phi) is 8.16. The van der Waals surface area contributed by atoms with Crippen LogP contribution in [0.5, 0.6) is 11.5 Å². The first kappa shape index (κ1) is 21.3. The molecular formula is C21H24N2O7. The minimum atomic E-state index is -0.926. The zero-order chi connectivity index (χ0) is 22.6. The summed E-state index contributed by atoms with van der Waals surface area (Å²) in [5, 5.41) is 31.0. The van der Waals surface area contributed by atoms with Crippen LogP contribution in [0.2, 0.25) is 0 Å². The summed E-state index contributed by atoms with van der Waals surface area (Å²) in [6, 6.07) is 9.36. The van der Waals surface area contributed by atoms with Crippen molar-refractivity contribution in [3.8, 4) is 11.5 Å². The van der Waals surface area contributed by atoms with Gasteiger partial charge in [-0.2, -0.15) is 0 Å². The third-order valence-electron chi connectivity index (χ3n) is 4.08. The van der Waals surface area contributed by atoms with Crippen molar-refractivity contribution in [3.63, 3.8) is 0 Å². The topological polar surface area (TPSA) is 138 Å². The number of rotatable bonds is 12. The Bertz CT molecular complexity index is 934. The maximum absolute atomic E-state index is 12.2. The number of benzene rings is 2. The number of methoxy groups -OCH3 is 1. The summed E-state index contributed by atoms with van der Waals surface area (Å²) in [4.78, 5) is 22.8. The molecule has 3 N–H and O–H groups in total. The van der Waals surface area contributed by atoms with Gasteiger partial charge in [0, 0.05) is 19.1 Å². The molecule has 0 aliphatic heterocycles. The van der Waals surface area contributed by atoms with Gasteiger partial charge in [-0.3, -0.25) is 4.79 Å². The van der Waals surface area contributed by atoms with E-state index in [1.54, 1.807) is 18.2 Å². The molecule has 9 heteroatoms. The van der Waals surface area contributed by atoms with E-state index < -0.39 is 11.9 Å². The van der Waals surface area contributed by atoms with E-state index in [0.717, 1.165) is 5.56 Å². The summed E-state index contributed by atoms with van der Waals surface area (Å²) in [6.07, 6.45) is 1.49. The Morgan fingerprint density at radius 2 is 1.87 bits per heavy atom. The number of phenolic OH excluding ortho intramolecular Hbond substituents is 1. The summed E-state index contributed by atoms with van der Waals surface area (Å²) < 4.78 is 17.1. The molecule has 0 radical (unpaired) electrons. The second-order valence-corrected chi connectivity index (χ2v) is 6.35. The van der Waals surface area contributed by atoms with Gasteiger partial charge in [-0.1, -0.05) is 6.07 Å². The minimum absolute atomic E-state index is 0.0385. The summed E-state index contributed by atoms with van der Waals surface area (Å²) in [7, 11) is 1.27. The van der Waals surface area contributed by atoms with E-state index in [-0.39, 0.29) is 42.4 Å². The number of hydrogen-bond acceptors (Lipinski definition) is 8. The molecule has 0 aromatic heterocycles. The Morgan fingerprint density at radius 1 is 1.10 bits per heavy atom. The smallest absolute Gasteiger partial charge is 0.340 e. The van der Waals surface area contributed by atoms with E-state index in [2.05, 4.69) is 15.3 Å². The van der Waals surface area contributed by atoms with Crippen LogP contribution >= 0.6 is 0 Å². The number of aliphatic hydroxyl groups is 1. The predicted octanol–water partition coefficient (Wildman–Crippen LogP) is 3.76. The van der Waals surface area contributed by atoms with Gasteiger partial charge < -0.3 is 24.8 Å². The number of hydrogen-bond donors (Lipinski definition) is 3. The van der Waals surface area contributed by atoms with E-state index >= 15 is 0 Å². The van der Waals surface area contributed by atoms with E-state index in [0.29, 0.717) is 24.9 Å². The van der Waals surface area contributed by atoms with E-state index in [4.69, 9.17) is 16.0 Å². The van der Waals surface area contributed by atoms with Crippen molar-refractivity contribution >= 4 is 23.3 Å². The third kappa shape index (κ3) is 6.85. The molecular weight excluding hydrogens is 392 g/mol. The van der Waals surface area contributed by atoms with Crippen LogP contribution in [0, 0.1) is 0 Å². The molecule has 0 bridgehead atoms. The molecule has 2 aromatic carbocycles. The molecule has 0 saturated heterocycles. The van der Waals surface area contributed by atoms with Crippen LogP contribution in [0.4, 0.5) is 11.4 Å². The lowest BCUT2D eigenvalue weighted by molar-refractivity contribution is -0.137. The number of aliphatic carboxylic acids is 1. The molecule has 0 fully saturated rings. The van der Waals surface area contributed by atoms with E-state index in [9.17, 15) is 14.7 Å². The standard InChI is InChI=1S/C21H24N2O7/c1-29-21(28)16-12-14(4-2-10-24)6-8-17(16)22-23-18-9-7-15(25)13-19(18)30-11-3-5-20(26)27/h6-9,12-13,24-25H,2-5,10-11H2,1H3,(H,26,27)/i24D. The molecule has 9 nitrogen and oxygen atoms in total. The Hall–Kier alpha value is -3.46. The van der Waals surface area contributed by atoms with Crippen molar-refractivity contribution in [2.75, 3.05) is 20.3 Å². The van der Waals surface area contributed by atoms with Gasteiger partial charge in [0.15, 0.2) is 0 Å². The average molecular weight is 417 g/mol. The van der Waals surface area contributed by atoms with Gasteiger partial charge in [0.05, 0.1) is 19.3 Å². The first-order chi connectivity index (χ1) is 14.9. The number of aromatic hydroxyl groups is 1. The number of carbonyl (C=O) groups is 2. The maximum atomic E-state index is 12.2. The highest BCUT2D eigenvalue weighted by atomic mass is 16.5. The zero-order valence-electron chi connectivity index (χ0n) is 17.5. The number of aryl methyl sites for hydroxylation is 1. The van der Waals surface area contributed by atoms with Crippen LogP contribution in [-0.2, 0) is 16.0 Å². The fourth-order valence-electron chi connectivity index (χ4n) is 2.59. The highest BCUT2D eigenvalue weighted by Gasteiger charge is 2.13. The number of nitrogens with zero attached hydrogens (tertiary/aromatic N) is 2. The lowest BCUT2D eigenvalue weighted by atomic mass is 10.0. The maximum Gasteiger partial charge on any atom is 0.340 e. The summed E-state index contributed by atoms with van der Waals surface area (Å²) in [5.41, 5.74) is 1.69. The minimum Gasteiger partial charge on any atom is -0.508 e. The van der Waals surface area contributed by atoms with Gasteiger partial charge in [-0.15, -0.1) is 10.2 Å². The van der Waals surface area contributed by atoms with Gasteiger partial charge in [-0.25, -0.2) is 4.79 Å². The molecule has 160 valence electrons. The SMILES string of the molecule is [2H]OCCCc1ccc(N=Nc2ccc(O)cc2OCCCC(=O)O)c(C(=O)OC)c1. The molecule has 0 aliphatic rings. The first-order valence-electron chi connectivity index (χ1n) is 9.74. The molecule has 0 unspecified atom stereocenters. The second-order valence-electron chi connectivity index (χ2n) is 6.35. The van der Waals surface area contributed by atoms with E-state index in [1.165, 1.54) is 25.3 Å². The quantitative estimate of drug-likeness (QED) is 0.271. The van der Waals surface area contributed by atoms with Gasteiger partial charge in [0.2, 0.25) is 1.43 Å². The fraction of sp³-hybridized carbons (Fsp3) is 0.333. The van der Waals surface area contributed by atoms with Crippen molar-refractivity contribution in [2.24, 2.45) is 10.2 Å². The highest BCUT2D eigenvalue weighted by molar-refractivity contribution is 5.95. The Morgan fingerprint density at radius 3 is 2.60 bits per heavy atom. The molecule has 30 heavy (non-hydrogen) atoms. The largest absolute Gasteiger partial charge is 0.508 e. The van der Waals surface area contributed by atoms with Crippen LogP contribution in [0.1, 0.15) is 35.2 Å². The number of ether oxygens (including phenoxy) is 2. The lowest BCUT2D eigenvalue weighted by Gasteiger charge is -2.09. The van der Waals surface area contributed by atoms with Crippen LogP contribution in [-0.4, -0.2) is 49.0 Å². The Balaban J connectivity index is 2.23. The molecule has 2 rings (SSSR count). The normalized spacial score (nSPS) is 11.3. The number of azo groups is 1. The monoisotopic (exact) mass is 417 g/mol. The van der Waals surface area contributed by atoms with Crippen molar-refractivity contribution in [3.05, 3.63) is 47.5 Å². The number of aliphatic hydroxyl groups excluding tert-OH is 1. The highest BCUT2D eigenvalue weighted by Crippen LogP contribution is 2.33. The van der Waals surface area contributed by atoms with Crippen molar-refractivity contribution in [1.29, 1.82) is 1.43 Å². The van der Waals surface area contributed by atoms with Gasteiger partial charge in [0.1, 0.15) is 22.9 Å². The summed E-state index contributed by atoms with van der Waals surface area (Å²) >= 11 is 0. The summed E-state index contributed by atoms with van der Waals surface area (Å²) in [6.45, 7) is 0.410. The zero-order valence-corrected chi connectivity index (χ0v) is 16.5. The fourth-order valence-corrected chi connectivity index (χ4v) is 2.59. The molecule has 0 saturated carbocycles. The van der Waals surface area contributed by atoms with Crippen molar-refractivity contribution in [2.45, 2.75) is 25.7 Å². The molecule has 0 amide bonds. The molecule has 2 aromatic rings. The number of phenols is 1. The van der Waals surface area contributed by atoms with E-state index in [1.807, 2.05) is 0 Å². The van der Waals surface area contributed by atoms with Crippen molar-refractivity contribution in [1.82, 2.24) is 0 Å². The Labute approximate surface area is 175 Å². The van der Waals surface area contributed by atoms with Gasteiger partial charge in [0.25, 0.3) is 0 Å².